The van der Waals surface area contributed by atoms with E-state index in [1.54, 1.807) is 0 Å². The van der Waals surface area contributed by atoms with E-state index in [-0.39, 0.29) is 0 Å². The van der Waals surface area contributed by atoms with Gasteiger partial charge in [0.15, 0.2) is 0 Å². The summed E-state index contributed by atoms with van der Waals surface area (Å²) < 4.78 is 0. The van der Waals surface area contributed by atoms with Crippen molar-refractivity contribution >= 4 is 9.24 Å². The minimum atomic E-state index is 0.850. The van der Waals surface area contributed by atoms with Gasteiger partial charge in [0.25, 0.3) is 0 Å². The second kappa shape index (κ2) is 16.3. The number of unbranched alkanes of at least 4 members (excludes halogenated alkanes) is 2. The molecule has 0 aliphatic heterocycles. The van der Waals surface area contributed by atoms with Crippen molar-refractivity contribution < 1.29 is 0 Å². The van der Waals surface area contributed by atoms with E-state index in [0.717, 1.165) is 58.9 Å². The van der Waals surface area contributed by atoms with E-state index in [1.807, 2.05) is 0 Å². The zero-order valence-corrected chi connectivity index (χ0v) is 25.8. The molecular weight excluding hydrogens is 427 g/mol. The first-order chi connectivity index (χ1) is 16.3. The molecule has 34 heavy (non-hydrogen) atoms. The summed E-state index contributed by atoms with van der Waals surface area (Å²) >= 11 is 0. The van der Waals surface area contributed by atoms with E-state index in [2.05, 4.69) is 57.7 Å². The van der Waals surface area contributed by atoms with Crippen LogP contribution in [0.25, 0.3) is 0 Å². The van der Waals surface area contributed by atoms with E-state index in [0.29, 0.717) is 0 Å². The highest BCUT2D eigenvalue weighted by atomic mass is 31.0. The average Bonchev–Trinajstić information content (AvgIpc) is 2.83. The molecule has 1 heteroatoms. The maximum absolute atomic E-state index is 3.17. The smallest absolute Gasteiger partial charge is 0.0264 e. The molecule has 0 spiro atoms. The number of hydrogen-bond donors (Lipinski definition) is 0. The molecule has 0 N–H and O–H groups in total. The van der Waals surface area contributed by atoms with E-state index >= 15 is 0 Å². The van der Waals surface area contributed by atoms with Gasteiger partial charge in [-0.05, 0) is 104 Å². The Morgan fingerprint density at radius 3 is 1.94 bits per heavy atom. The van der Waals surface area contributed by atoms with Gasteiger partial charge in [-0.2, -0.15) is 0 Å². The molecule has 2 aliphatic rings. The average molecular weight is 493 g/mol. The normalized spacial score (nSPS) is 31.2. The molecule has 202 valence electrons. The summed E-state index contributed by atoms with van der Waals surface area (Å²) in [5, 5.41) is 0. The quantitative estimate of drug-likeness (QED) is 0.157. The van der Waals surface area contributed by atoms with E-state index in [9.17, 15) is 0 Å². The van der Waals surface area contributed by atoms with Crippen LogP contribution in [0.1, 0.15) is 151 Å². The Labute approximate surface area is 219 Å². The minimum Gasteiger partial charge on any atom is -0.134 e. The van der Waals surface area contributed by atoms with Crippen LogP contribution in [0, 0.1) is 53.3 Å². The first-order valence-corrected chi connectivity index (χ1v) is 16.8. The van der Waals surface area contributed by atoms with E-state index in [1.165, 1.54) is 103 Å². The minimum absolute atomic E-state index is 0.850. The summed E-state index contributed by atoms with van der Waals surface area (Å²) in [7, 11) is 3.17. The van der Waals surface area contributed by atoms with Crippen LogP contribution in [0.3, 0.4) is 0 Å². The predicted octanol–water partition coefficient (Wildman–Crippen LogP) is 11.2. The molecular formula is C33H65P. The molecule has 0 nitrogen and oxygen atoms in total. The third kappa shape index (κ3) is 9.07. The summed E-state index contributed by atoms with van der Waals surface area (Å²) in [6.45, 7) is 17.5. The molecule has 0 aromatic carbocycles. The lowest BCUT2D eigenvalue weighted by atomic mass is 9.55. The highest BCUT2D eigenvalue weighted by Gasteiger charge is 2.44. The lowest BCUT2D eigenvalue weighted by Gasteiger charge is -2.51. The zero-order valence-electron chi connectivity index (χ0n) is 24.7. The fourth-order valence-electron chi connectivity index (χ4n) is 7.92. The SMILES string of the molecule is CCCCC(P)CCCC(CCC)C(C)C(CCC1CCC1C)C(CCCC)C1CC(C)C1C. The molecule has 0 saturated heterocycles. The number of rotatable bonds is 19. The predicted molar refractivity (Wildman–Crippen MR) is 158 cm³/mol. The molecule has 0 radical (unpaired) electrons. The summed E-state index contributed by atoms with van der Waals surface area (Å²) in [5.41, 5.74) is 0.850. The van der Waals surface area contributed by atoms with Gasteiger partial charge < -0.3 is 0 Å². The van der Waals surface area contributed by atoms with Gasteiger partial charge in [0.05, 0.1) is 0 Å². The number of hydrogen-bond acceptors (Lipinski definition) is 0. The Balaban J connectivity index is 2.10. The van der Waals surface area contributed by atoms with Crippen molar-refractivity contribution in [3.63, 3.8) is 0 Å². The summed E-state index contributed by atoms with van der Waals surface area (Å²) in [5.74, 6) is 8.82. The molecule has 0 aromatic rings. The van der Waals surface area contributed by atoms with Gasteiger partial charge >= 0.3 is 0 Å². The first kappa shape index (κ1) is 30.7. The van der Waals surface area contributed by atoms with Crippen LogP contribution in [0.4, 0.5) is 0 Å². The third-order valence-corrected chi connectivity index (χ3v) is 11.7. The molecule has 11 atom stereocenters. The largest absolute Gasteiger partial charge is 0.134 e. The van der Waals surface area contributed by atoms with Crippen molar-refractivity contribution in [1.29, 1.82) is 0 Å². The first-order valence-electron chi connectivity index (χ1n) is 16.1. The Morgan fingerprint density at radius 2 is 1.41 bits per heavy atom. The van der Waals surface area contributed by atoms with Gasteiger partial charge in [-0.15, -0.1) is 9.24 Å². The Kier molecular flexibility index (Phi) is 14.7. The monoisotopic (exact) mass is 492 g/mol. The van der Waals surface area contributed by atoms with Crippen LogP contribution >= 0.6 is 9.24 Å². The fraction of sp³-hybridized carbons (Fsp3) is 1.00. The van der Waals surface area contributed by atoms with Gasteiger partial charge in [0.2, 0.25) is 0 Å². The summed E-state index contributed by atoms with van der Waals surface area (Å²) in [6.07, 6.45) is 23.3. The lowest BCUT2D eigenvalue weighted by molar-refractivity contribution is -0.0146. The van der Waals surface area contributed by atoms with Gasteiger partial charge in [-0.1, -0.05) is 106 Å². The van der Waals surface area contributed by atoms with Crippen molar-refractivity contribution in [1.82, 2.24) is 0 Å². The highest BCUT2D eigenvalue weighted by Crippen LogP contribution is 2.52. The molecule has 0 amide bonds. The highest BCUT2D eigenvalue weighted by molar-refractivity contribution is 7.17. The topological polar surface area (TPSA) is 0 Å². The molecule has 2 rings (SSSR count). The molecule has 0 aromatic heterocycles. The Morgan fingerprint density at radius 1 is 0.735 bits per heavy atom. The second-order valence-electron chi connectivity index (χ2n) is 13.3. The molecule has 0 bridgehead atoms. The molecule has 11 unspecified atom stereocenters. The van der Waals surface area contributed by atoms with Crippen molar-refractivity contribution in [2.24, 2.45) is 53.3 Å². The summed E-state index contributed by atoms with van der Waals surface area (Å²) in [4.78, 5) is 0. The molecule has 0 heterocycles. The maximum atomic E-state index is 3.17. The van der Waals surface area contributed by atoms with Crippen LogP contribution in [0.15, 0.2) is 0 Å². The van der Waals surface area contributed by atoms with Crippen LogP contribution in [0.2, 0.25) is 0 Å². The van der Waals surface area contributed by atoms with Gasteiger partial charge in [-0.25, -0.2) is 0 Å². The van der Waals surface area contributed by atoms with Gasteiger partial charge in [-0.3, -0.25) is 0 Å². The molecule has 2 saturated carbocycles. The molecule has 2 fully saturated rings. The van der Waals surface area contributed by atoms with Crippen LogP contribution in [-0.4, -0.2) is 5.66 Å². The van der Waals surface area contributed by atoms with Gasteiger partial charge in [0, 0.05) is 0 Å². The Hall–Kier alpha value is 0.430. The zero-order chi connectivity index (χ0) is 25.1. The summed E-state index contributed by atoms with van der Waals surface area (Å²) in [6, 6.07) is 0. The molecule has 2 aliphatic carbocycles. The lowest BCUT2D eigenvalue weighted by Crippen LogP contribution is -2.43. The van der Waals surface area contributed by atoms with E-state index < -0.39 is 0 Å². The van der Waals surface area contributed by atoms with E-state index in [4.69, 9.17) is 0 Å². The van der Waals surface area contributed by atoms with Crippen molar-refractivity contribution in [2.75, 3.05) is 0 Å². The van der Waals surface area contributed by atoms with Gasteiger partial charge in [0.1, 0.15) is 0 Å². The van der Waals surface area contributed by atoms with Crippen molar-refractivity contribution in [3.8, 4) is 0 Å². The standard InChI is InChI=1S/C33H65P/c1-8-11-16-30(34)17-13-15-29(14-10-3)27(7)31(22-21-28-20-19-24(28)4)32(18-12-9-2)33-23-25(5)26(33)6/h24-33H,8-23,34H2,1-7H3. The van der Waals surface area contributed by atoms with Crippen molar-refractivity contribution in [2.45, 2.75) is 157 Å². The fourth-order valence-corrected chi connectivity index (χ4v) is 8.39. The van der Waals surface area contributed by atoms with Crippen LogP contribution < -0.4 is 0 Å². The third-order valence-electron chi connectivity index (χ3n) is 11.0. The second-order valence-corrected chi connectivity index (χ2v) is 14.3. The maximum Gasteiger partial charge on any atom is -0.0264 e. The van der Waals surface area contributed by atoms with Crippen molar-refractivity contribution in [3.05, 3.63) is 0 Å². The van der Waals surface area contributed by atoms with Crippen LogP contribution in [-0.2, 0) is 0 Å². The van der Waals surface area contributed by atoms with Crippen LogP contribution in [0.5, 0.6) is 0 Å². The Bertz CT molecular complexity index is 515.